The van der Waals surface area contributed by atoms with Crippen LogP contribution < -0.4 is 0 Å². The van der Waals surface area contributed by atoms with Gasteiger partial charge < -0.3 is 4.98 Å². The van der Waals surface area contributed by atoms with E-state index in [1.165, 1.54) is 6.26 Å². The predicted molar refractivity (Wildman–Crippen MR) is 83.4 cm³/mol. The molecule has 0 saturated carbocycles. The van der Waals surface area contributed by atoms with Crippen molar-refractivity contribution in [2.45, 2.75) is 4.90 Å². The molecule has 0 atom stereocenters. The van der Waals surface area contributed by atoms with Crippen molar-refractivity contribution in [1.82, 2.24) is 19.4 Å². The van der Waals surface area contributed by atoms with E-state index in [2.05, 4.69) is 15.0 Å². The summed E-state index contributed by atoms with van der Waals surface area (Å²) in [5.41, 5.74) is 4.24. The second-order valence-electron chi connectivity index (χ2n) is 5.11. The van der Waals surface area contributed by atoms with Crippen LogP contribution in [-0.4, -0.2) is 34.0 Å². The van der Waals surface area contributed by atoms with Gasteiger partial charge in [0.25, 0.3) is 0 Å². The Labute approximate surface area is 126 Å². The van der Waals surface area contributed by atoms with Crippen LogP contribution in [0, 0.1) is 0 Å². The zero-order chi connectivity index (χ0) is 15.3. The number of aromatic nitrogens is 4. The molecule has 4 rings (SSSR count). The Bertz CT molecular complexity index is 1090. The highest BCUT2D eigenvalue weighted by atomic mass is 32.2. The van der Waals surface area contributed by atoms with Crippen molar-refractivity contribution in [2.75, 3.05) is 6.26 Å². The largest absolute Gasteiger partial charge is 0.345 e. The molecule has 3 aromatic heterocycles. The Morgan fingerprint density at radius 1 is 1.05 bits per heavy atom. The second kappa shape index (κ2) is 4.41. The number of sulfone groups is 1. The van der Waals surface area contributed by atoms with E-state index in [0.717, 1.165) is 27.9 Å². The molecule has 110 valence electrons. The number of aromatic amines is 1. The highest BCUT2D eigenvalue weighted by Gasteiger charge is 2.12. The van der Waals surface area contributed by atoms with E-state index in [9.17, 15) is 8.42 Å². The van der Waals surface area contributed by atoms with Crippen LogP contribution in [0.5, 0.6) is 0 Å². The quantitative estimate of drug-likeness (QED) is 0.616. The minimum Gasteiger partial charge on any atom is -0.345 e. The normalized spacial score (nSPS) is 12.2. The van der Waals surface area contributed by atoms with Crippen LogP contribution >= 0.6 is 0 Å². The molecule has 0 aliphatic rings. The number of fused-ring (bicyclic) bond motifs is 3. The molecule has 3 heterocycles. The Morgan fingerprint density at radius 3 is 2.55 bits per heavy atom. The monoisotopic (exact) mass is 312 g/mol. The van der Waals surface area contributed by atoms with Gasteiger partial charge >= 0.3 is 0 Å². The lowest BCUT2D eigenvalue weighted by Gasteiger charge is -2.02. The van der Waals surface area contributed by atoms with E-state index in [0.29, 0.717) is 4.90 Å². The molecule has 0 bridgehead atoms. The van der Waals surface area contributed by atoms with Crippen LogP contribution in [0.25, 0.3) is 27.9 Å². The molecular formula is C15H12N4O2S. The van der Waals surface area contributed by atoms with Gasteiger partial charge in [-0.15, -0.1) is 0 Å². The van der Waals surface area contributed by atoms with Gasteiger partial charge in [0.1, 0.15) is 6.33 Å². The van der Waals surface area contributed by atoms with Crippen LogP contribution in [0.15, 0.2) is 53.9 Å². The maximum Gasteiger partial charge on any atom is 0.175 e. The molecule has 4 aromatic rings. The lowest BCUT2D eigenvalue weighted by molar-refractivity contribution is 0.602. The van der Waals surface area contributed by atoms with E-state index in [4.69, 9.17) is 0 Å². The lowest BCUT2D eigenvalue weighted by atomic mass is 10.1. The standard InChI is InChI=1S/C15H12N4O2S/c1-22(20,21)11-4-2-10(3-5-11)14-13-8-17-15-12(6-7-16-15)19(13)9-18-14/h2-9,16H,1H3. The topological polar surface area (TPSA) is 80.1 Å². The predicted octanol–water partition coefficient (Wildman–Crippen LogP) is 2.28. The maximum absolute atomic E-state index is 11.5. The summed E-state index contributed by atoms with van der Waals surface area (Å²) in [5.74, 6) is 0. The summed E-state index contributed by atoms with van der Waals surface area (Å²) < 4.78 is 25.0. The number of nitrogens with zero attached hydrogens (tertiary/aromatic N) is 3. The molecular weight excluding hydrogens is 300 g/mol. The fraction of sp³-hybridized carbons (Fsp3) is 0.0667. The van der Waals surface area contributed by atoms with E-state index in [1.807, 2.05) is 16.7 Å². The van der Waals surface area contributed by atoms with Crippen molar-refractivity contribution in [1.29, 1.82) is 0 Å². The average molecular weight is 312 g/mol. The Morgan fingerprint density at radius 2 is 1.82 bits per heavy atom. The van der Waals surface area contributed by atoms with Crippen LogP contribution in [0.3, 0.4) is 0 Å². The third-order valence-electron chi connectivity index (χ3n) is 3.64. The highest BCUT2D eigenvalue weighted by Crippen LogP contribution is 2.26. The molecule has 0 fully saturated rings. The lowest BCUT2D eigenvalue weighted by Crippen LogP contribution is -1.96. The van der Waals surface area contributed by atoms with Crippen LogP contribution in [0.4, 0.5) is 0 Å². The summed E-state index contributed by atoms with van der Waals surface area (Å²) in [6.45, 7) is 0. The number of benzene rings is 1. The number of H-pyrrole nitrogens is 1. The van der Waals surface area contributed by atoms with Gasteiger partial charge in [0.05, 0.1) is 27.8 Å². The minimum atomic E-state index is -3.19. The number of imidazole rings is 1. The first-order valence-corrected chi connectivity index (χ1v) is 8.53. The Balaban J connectivity index is 1.91. The van der Waals surface area contributed by atoms with Crippen molar-refractivity contribution in [3.05, 3.63) is 49.1 Å². The molecule has 0 amide bonds. The van der Waals surface area contributed by atoms with E-state index in [1.54, 1.807) is 36.8 Å². The second-order valence-corrected chi connectivity index (χ2v) is 7.13. The van der Waals surface area contributed by atoms with Gasteiger partial charge in [-0.1, -0.05) is 12.1 Å². The summed E-state index contributed by atoms with van der Waals surface area (Å²) in [6, 6.07) is 8.66. The molecule has 0 aliphatic carbocycles. The summed E-state index contributed by atoms with van der Waals surface area (Å²) in [4.78, 5) is 12.2. The number of hydrogen-bond acceptors (Lipinski definition) is 4. The summed E-state index contributed by atoms with van der Waals surface area (Å²) >= 11 is 0. The molecule has 0 saturated heterocycles. The third-order valence-corrected chi connectivity index (χ3v) is 4.77. The fourth-order valence-corrected chi connectivity index (χ4v) is 3.16. The molecule has 1 aromatic carbocycles. The molecule has 0 unspecified atom stereocenters. The van der Waals surface area contributed by atoms with Crippen molar-refractivity contribution >= 4 is 26.5 Å². The Hall–Kier alpha value is -2.67. The molecule has 0 spiro atoms. The van der Waals surface area contributed by atoms with Gasteiger partial charge in [0.2, 0.25) is 0 Å². The van der Waals surface area contributed by atoms with Crippen LogP contribution in [0.1, 0.15) is 0 Å². The van der Waals surface area contributed by atoms with Gasteiger partial charge in [-0.05, 0) is 18.2 Å². The van der Waals surface area contributed by atoms with Crippen molar-refractivity contribution in [3.8, 4) is 11.3 Å². The van der Waals surface area contributed by atoms with E-state index in [-0.39, 0.29) is 0 Å². The van der Waals surface area contributed by atoms with E-state index < -0.39 is 9.84 Å². The molecule has 1 N–H and O–H groups in total. The fourth-order valence-electron chi connectivity index (χ4n) is 2.53. The van der Waals surface area contributed by atoms with Gasteiger partial charge in [0, 0.05) is 18.0 Å². The van der Waals surface area contributed by atoms with Crippen LogP contribution in [0.2, 0.25) is 0 Å². The van der Waals surface area contributed by atoms with Gasteiger partial charge in [-0.2, -0.15) is 0 Å². The summed E-state index contributed by atoms with van der Waals surface area (Å²) in [5, 5.41) is 0. The highest BCUT2D eigenvalue weighted by molar-refractivity contribution is 7.90. The zero-order valence-corrected chi connectivity index (χ0v) is 12.5. The first kappa shape index (κ1) is 13.0. The Kier molecular flexibility index (Phi) is 2.61. The molecule has 7 heteroatoms. The number of nitrogens with one attached hydrogen (secondary N) is 1. The third kappa shape index (κ3) is 1.90. The molecule has 22 heavy (non-hydrogen) atoms. The van der Waals surface area contributed by atoms with Crippen LogP contribution in [-0.2, 0) is 9.84 Å². The molecule has 0 radical (unpaired) electrons. The zero-order valence-electron chi connectivity index (χ0n) is 11.7. The average Bonchev–Trinajstić information content (AvgIpc) is 3.12. The SMILES string of the molecule is CS(=O)(=O)c1ccc(-c2ncn3c2cnc2[nH]ccc23)cc1. The van der Waals surface area contributed by atoms with Gasteiger partial charge in [-0.3, -0.25) is 4.40 Å². The smallest absolute Gasteiger partial charge is 0.175 e. The summed E-state index contributed by atoms with van der Waals surface area (Å²) in [7, 11) is -3.19. The van der Waals surface area contributed by atoms with Crippen molar-refractivity contribution < 1.29 is 8.42 Å². The molecule has 0 aliphatic heterocycles. The number of hydrogen-bond donors (Lipinski definition) is 1. The first-order valence-electron chi connectivity index (χ1n) is 6.64. The number of rotatable bonds is 2. The molecule has 6 nitrogen and oxygen atoms in total. The van der Waals surface area contributed by atoms with Gasteiger partial charge in [0.15, 0.2) is 15.5 Å². The van der Waals surface area contributed by atoms with E-state index >= 15 is 0 Å². The first-order chi connectivity index (χ1) is 10.5. The minimum absolute atomic E-state index is 0.297. The maximum atomic E-state index is 11.5. The van der Waals surface area contributed by atoms with Gasteiger partial charge in [-0.25, -0.2) is 18.4 Å². The van der Waals surface area contributed by atoms with Crippen molar-refractivity contribution in [3.63, 3.8) is 0 Å². The van der Waals surface area contributed by atoms with Crippen molar-refractivity contribution in [2.24, 2.45) is 0 Å². The summed E-state index contributed by atoms with van der Waals surface area (Å²) in [6.07, 6.45) is 6.52.